The van der Waals surface area contributed by atoms with E-state index in [-0.39, 0.29) is 47.9 Å². The fourth-order valence-electron chi connectivity index (χ4n) is 6.93. The van der Waals surface area contributed by atoms with E-state index in [9.17, 15) is 18.4 Å². The molecule has 1 heterocycles. The summed E-state index contributed by atoms with van der Waals surface area (Å²) in [5.41, 5.74) is 8.41. The summed E-state index contributed by atoms with van der Waals surface area (Å²) < 4.78 is 38.9. The van der Waals surface area contributed by atoms with Gasteiger partial charge in [-0.15, -0.1) is 6.58 Å². The lowest BCUT2D eigenvalue weighted by Gasteiger charge is -2.31. The molecule has 0 spiro atoms. The molecule has 0 N–H and O–H groups in total. The number of ether oxygens (including phenoxy) is 2. The summed E-state index contributed by atoms with van der Waals surface area (Å²) in [6.45, 7) is 5.34. The van der Waals surface area contributed by atoms with E-state index in [1.54, 1.807) is 12.1 Å². The second kappa shape index (κ2) is 12.7. The summed E-state index contributed by atoms with van der Waals surface area (Å²) in [5.74, 6) is -0.881. The monoisotopic (exact) mass is 592 g/mol. The first kappa shape index (κ1) is 29.6. The van der Waals surface area contributed by atoms with Crippen LogP contribution in [0.3, 0.4) is 0 Å². The molecule has 2 aliphatic carbocycles. The number of ketones is 1. The third kappa shape index (κ3) is 6.00. The molecule has 1 saturated heterocycles. The number of hydrogen-bond acceptors (Lipinski definition) is 4. The smallest absolute Gasteiger partial charge is 0.303 e. The summed E-state index contributed by atoms with van der Waals surface area (Å²) in [6.07, 6.45) is 3.69. The van der Waals surface area contributed by atoms with Gasteiger partial charge in [-0.3, -0.25) is 9.59 Å². The van der Waals surface area contributed by atoms with E-state index < -0.39 is 6.10 Å². The highest BCUT2D eigenvalue weighted by molar-refractivity contribution is 5.81. The number of carbonyl (C=O) groups excluding carboxylic acids is 2. The lowest BCUT2D eigenvalue weighted by Crippen LogP contribution is -2.27. The van der Waals surface area contributed by atoms with Gasteiger partial charge in [0, 0.05) is 25.2 Å². The van der Waals surface area contributed by atoms with Gasteiger partial charge in [-0.1, -0.05) is 66.7 Å². The van der Waals surface area contributed by atoms with Crippen molar-refractivity contribution in [1.82, 2.24) is 0 Å². The Balaban J connectivity index is 0.000000156. The standard InChI is InChI=1S/C20H19FO2.C18H15FO2/c1-3-6-18-17-8-5-4-7-14(17)11-15-9-10-16(21)12-19(15)20(18)23-13(2)22;19-13-6-5-12-7-11-3-1-2-4-15(11)17-9-14(20)10-21-18(17)16(12)8-13/h3-5,7-10,12,18,20H,1,6,11H2,2H3;1-6,8,17-18H,7,9-10H2/t18-,20+;17-,18-/m11/s1. The maximum Gasteiger partial charge on any atom is 0.303 e. The lowest BCUT2D eigenvalue weighted by atomic mass is 9.83. The fraction of sp³-hybridized carbons (Fsp3) is 0.263. The van der Waals surface area contributed by atoms with Crippen LogP contribution >= 0.6 is 0 Å². The molecule has 4 aromatic rings. The second-order valence-electron chi connectivity index (χ2n) is 11.7. The van der Waals surface area contributed by atoms with E-state index in [0.29, 0.717) is 19.3 Å². The molecule has 0 bridgehead atoms. The van der Waals surface area contributed by atoms with Crippen LogP contribution in [0.25, 0.3) is 0 Å². The van der Waals surface area contributed by atoms with Crippen LogP contribution < -0.4 is 0 Å². The normalized spacial score (nSPS) is 21.4. The SMILES string of the molecule is C=CC[C@@H]1c2ccccc2Cc2ccc(F)cc2[C@H]1OC(C)=O.O=C1CO[C@@H]2c3cc(F)ccc3Cc3ccccc3[C@H]2C1. The highest BCUT2D eigenvalue weighted by Gasteiger charge is 2.37. The first-order valence-corrected chi connectivity index (χ1v) is 15.0. The fourth-order valence-corrected chi connectivity index (χ4v) is 6.93. The molecule has 7 rings (SSSR count). The Bertz CT molecular complexity index is 1730. The van der Waals surface area contributed by atoms with Gasteiger partial charge in [0.05, 0.1) is 6.10 Å². The molecule has 0 amide bonds. The minimum atomic E-state index is -0.500. The average molecular weight is 593 g/mol. The highest BCUT2D eigenvalue weighted by atomic mass is 19.1. The molecule has 224 valence electrons. The molecule has 0 aromatic heterocycles. The van der Waals surface area contributed by atoms with Crippen LogP contribution in [0, 0.1) is 11.6 Å². The van der Waals surface area contributed by atoms with Crippen molar-refractivity contribution in [2.45, 2.75) is 56.7 Å². The maximum atomic E-state index is 13.8. The Kier molecular flexibility index (Phi) is 8.53. The summed E-state index contributed by atoms with van der Waals surface area (Å²) >= 11 is 0. The molecule has 1 aliphatic heterocycles. The van der Waals surface area contributed by atoms with Gasteiger partial charge in [0.25, 0.3) is 0 Å². The van der Waals surface area contributed by atoms with E-state index in [4.69, 9.17) is 9.47 Å². The van der Waals surface area contributed by atoms with Gasteiger partial charge >= 0.3 is 5.97 Å². The predicted octanol–water partition coefficient (Wildman–Crippen LogP) is 8.24. The van der Waals surface area contributed by atoms with Crippen LogP contribution in [-0.4, -0.2) is 18.4 Å². The van der Waals surface area contributed by atoms with Gasteiger partial charge in [-0.25, -0.2) is 8.78 Å². The van der Waals surface area contributed by atoms with E-state index in [1.165, 1.54) is 36.2 Å². The van der Waals surface area contributed by atoms with Crippen LogP contribution in [0.2, 0.25) is 0 Å². The molecule has 0 radical (unpaired) electrons. The molecule has 0 unspecified atom stereocenters. The third-order valence-corrected chi connectivity index (χ3v) is 8.82. The van der Waals surface area contributed by atoms with Crippen molar-refractivity contribution < 1.29 is 27.8 Å². The first-order valence-electron chi connectivity index (χ1n) is 15.0. The third-order valence-electron chi connectivity index (χ3n) is 8.82. The van der Waals surface area contributed by atoms with E-state index >= 15 is 0 Å². The first-order chi connectivity index (χ1) is 21.3. The Morgan fingerprint density at radius 2 is 1.41 bits per heavy atom. The van der Waals surface area contributed by atoms with Gasteiger partial charge < -0.3 is 9.47 Å². The van der Waals surface area contributed by atoms with Gasteiger partial charge in [0.2, 0.25) is 0 Å². The average Bonchev–Trinajstić information content (AvgIpc) is 3.22. The predicted molar refractivity (Wildman–Crippen MR) is 164 cm³/mol. The van der Waals surface area contributed by atoms with E-state index in [1.807, 2.05) is 36.4 Å². The van der Waals surface area contributed by atoms with Crippen LogP contribution in [0.5, 0.6) is 0 Å². The summed E-state index contributed by atoms with van der Waals surface area (Å²) in [5, 5.41) is 0. The van der Waals surface area contributed by atoms with Crippen molar-refractivity contribution in [2.24, 2.45) is 0 Å². The Morgan fingerprint density at radius 1 is 0.841 bits per heavy atom. The molecular formula is C38H34F2O4. The van der Waals surface area contributed by atoms with Crippen LogP contribution in [0.15, 0.2) is 97.6 Å². The number of carbonyl (C=O) groups is 2. The lowest BCUT2D eigenvalue weighted by molar-refractivity contribution is -0.148. The summed E-state index contributed by atoms with van der Waals surface area (Å²) in [7, 11) is 0. The van der Waals surface area contributed by atoms with E-state index in [0.717, 1.165) is 39.8 Å². The molecule has 4 atom stereocenters. The molecular weight excluding hydrogens is 558 g/mol. The Morgan fingerprint density at radius 3 is 2.07 bits per heavy atom. The number of rotatable bonds is 3. The molecule has 1 fully saturated rings. The van der Waals surface area contributed by atoms with Crippen LogP contribution in [0.4, 0.5) is 8.78 Å². The topological polar surface area (TPSA) is 52.6 Å². The number of Topliss-reactive ketones (excluding diaryl/α,β-unsaturated/α-hetero) is 1. The van der Waals surface area contributed by atoms with Crippen molar-refractivity contribution in [1.29, 1.82) is 0 Å². The zero-order chi connectivity index (χ0) is 30.8. The largest absolute Gasteiger partial charge is 0.457 e. The molecule has 4 aromatic carbocycles. The number of fused-ring (bicyclic) bond motifs is 7. The van der Waals surface area contributed by atoms with Gasteiger partial charge in [-0.05, 0) is 88.0 Å². The minimum Gasteiger partial charge on any atom is -0.457 e. The maximum absolute atomic E-state index is 13.8. The van der Waals surface area contributed by atoms with Gasteiger partial charge in [-0.2, -0.15) is 0 Å². The van der Waals surface area contributed by atoms with Crippen molar-refractivity contribution in [2.75, 3.05) is 6.61 Å². The second-order valence-corrected chi connectivity index (χ2v) is 11.7. The highest BCUT2D eigenvalue weighted by Crippen LogP contribution is 2.46. The number of halogens is 2. The van der Waals surface area contributed by atoms with Crippen molar-refractivity contribution in [3.63, 3.8) is 0 Å². The quantitative estimate of drug-likeness (QED) is 0.178. The Hall–Kier alpha value is -4.42. The van der Waals surface area contributed by atoms with Crippen LogP contribution in [-0.2, 0) is 31.9 Å². The number of benzene rings is 4. The molecule has 3 aliphatic rings. The number of esters is 1. The summed E-state index contributed by atoms with van der Waals surface area (Å²) in [4.78, 5) is 23.5. The minimum absolute atomic E-state index is 0.00880. The number of hydrogen-bond donors (Lipinski definition) is 0. The summed E-state index contributed by atoms with van der Waals surface area (Å²) in [6, 6.07) is 25.9. The molecule has 6 heteroatoms. The molecule has 0 saturated carbocycles. The van der Waals surface area contributed by atoms with Crippen molar-refractivity contribution in [3.8, 4) is 0 Å². The van der Waals surface area contributed by atoms with Crippen LogP contribution in [0.1, 0.15) is 88.3 Å². The Labute approximate surface area is 256 Å². The molecule has 44 heavy (non-hydrogen) atoms. The van der Waals surface area contributed by atoms with E-state index in [2.05, 4.69) is 30.8 Å². The molecule has 4 nitrogen and oxygen atoms in total. The zero-order valence-corrected chi connectivity index (χ0v) is 24.6. The van der Waals surface area contributed by atoms with Crippen molar-refractivity contribution in [3.05, 3.63) is 154 Å². The van der Waals surface area contributed by atoms with Gasteiger partial charge in [0.1, 0.15) is 24.3 Å². The zero-order valence-electron chi connectivity index (χ0n) is 24.6. The van der Waals surface area contributed by atoms with Crippen molar-refractivity contribution >= 4 is 11.8 Å². The van der Waals surface area contributed by atoms with Gasteiger partial charge in [0.15, 0.2) is 5.78 Å². The number of allylic oxidation sites excluding steroid dienone is 1.